The topological polar surface area (TPSA) is 15.3 Å². The van der Waals surface area contributed by atoms with Crippen LogP contribution in [0.15, 0.2) is 46.9 Å². The van der Waals surface area contributed by atoms with Gasteiger partial charge < -0.3 is 10.2 Å². The third-order valence-corrected chi connectivity index (χ3v) is 3.56. The predicted octanol–water partition coefficient (Wildman–Crippen LogP) is 4.27. The average Bonchev–Trinajstić information content (AvgIpc) is 2.40. The van der Waals surface area contributed by atoms with E-state index in [1.165, 1.54) is 12.1 Å². The standard InChI is InChI=1S/C15H16BrFN2/c1-19(2)13-6-3-11(4-7-13)10-18-15-9-12(17)5-8-14(15)16/h3-9,18H,10H2,1-2H3. The third kappa shape index (κ3) is 3.70. The van der Waals surface area contributed by atoms with Crippen LogP contribution in [0.1, 0.15) is 5.56 Å². The lowest BCUT2D eigenvalue weighted by Gasteiger charge is -2.13. The number of nitrogens with zero attached hydrogens (tertiary/aromatic N) is 1. The highest BCUT2D eigenvalue weighted by atomic mass is 79.9. The SMILES string of the molecule is CN(C)c1ccc(CNc2cc(F)ccc2Br)cc1. The summed E-state index contributed by atoms with van der Waals surface area (Å²) in [6.45, 7) is 0.662. The molecule has 0 aliphatic rings. The lowest BCUT2D eigenvalue weighted by atomic mass is 10.2. The zero-order valence-corrected chi connectivity index (χ0v) is 12.5. The molecule has 100 valence electrons. The number of hydrogen-bond acceptors (Lipinski definition) is 2. The Morgan fingerprint density at radius 3 is 2.42 bits per heavy atom. The molecule has 0 unspecified atom stereocenters. The van der Waals surface area contributed by atoms with Crippen molar-refractivity contribution in [3.05, 3.63) is 58.3 Å². The Hall–Kier alpha value is -1.55. The summed E-state index contributed by atoms with van der Waals surface area (Å²) in [4.78, 5) is 2.06. The maximum Gasteiger partial charge on any atom is 0.125 e. The fourth-order valence-electron chi connectivity index (χ4n) is 1.74. The van der Waals surface area contributed by atoms with Crippen LogP contribution in [0, 0.1) is 5.82 Å². The first kappa shape index (κ1) is 13.9. The van der Waals surface area contributed by atoms with Gasteiger partial charge in [-0.25, -0.2) is 4.39 Å². The third-order valence-electron chi connectivity index (χ3n) is 2.86. The van der Waals surface area contributed by atoms with Crippen molar-refractivity contribution in [3.8, 4) is 0 Å². The van der Waals surface area contributed by atoms with E-state index >= 15 is 0 Å². The summed E-state index contributed by atoms with van der Waals surface area (Å²) >= 11 is 3.40. The Labute approximate surface area is 121 Å². The molecule has 0 fully saturated rings. The summed E-state index contributed by atoms with van der Waals surface area (Å²) in [5.74, 6) is -0.242. The van der Waals surface area contributed by atoms with Gasteiger partial charge in [0.15, 0.2) is 0 Å². The highest BCUT2D eigenvalue weighted by Crippen LogP contribution is 2.23. The number of anilines is 2. The second kappa shape index (κ2) is 6.06. The molecule has 2 aromatic carbocycles. The van der Waals surface area contributed by atoms with Crippen molar-refractivity contribution >= 4 is 27.3 Å². The van der Waals surface area contributed by atoms with Gasteiger partial charge in [-0.1, -0.05) is 12.1 Å². The molecule has 19 heavy (non-hydrogen) atoms. The molecule has 0 aromatic heterocycles. The van der Waals surface area contributed by atoms with Gasteiger partial charge in [0.2, 0.25) is 0 Å². The van der Waals surface area contributed by atoms with Crippen molar-refractivity contribution in [1.82, 2.24) is 0 Å². The van der Waals surface area contributed by atoms with E-state index in [0.29, 0.717) is 6.54 Å². The van der Waals surface area contributed by atoms with Crippen LogP contribution in [-0.2, 0) is 6.54 Å². The maximum absolute atomic E-state index is 13.1. The normalized spacial score (nSPS) is 10.3. The largest absolute Gasteiger partial charge is 0.380 e. The predicted molar refractivity (Wildman–Crippen MR) is 82.2 cm³/mol. The molecule has 0 heterocycles. The molecule has 2 nitrogen and oxygen atoms in total. The Balaban J connectivity index is 2.04. The molecule has 0 atom stereocenters. The first-order valence-corrected chi connectivity index (χ1v) is 6.81. The zero-order chi connectivity index (χ0) is 13.8. The van der Waals surface area contributed by atoms with E-state index in [-0.39, 0.29) is 5.82 Å². The van der Waals surface area contributed by atoms with Crippen molar-refractivity contribution in [2.24, 2.45) is 0 Å². The Kier molecular flexibility index (Phi) is 4.43. The van der Waals surface area contributed by atoms with Gasteiger partial charge in [0.1, 0.15) is 5.82 Å². The van der Waals surface area contributed by atoms with E-state index in [2.05, 4.69) is 50.4 Å². The van der Waals surface area contributed by atoms with E-state index in [1.54, 1.807) is 6.07 Å². The second-order valence-corrected chi connectivity index (χ2v) is 5.39. The molecule has 1 N–H and O–H groups in total. The molecular formula is C15H16BrFN2. The summed E-state index contributed by atoms with van der Waals surface area (Å²) in [6, 6.07) is 12.9. The number of nitrogens with one attached hydrogen (secondary N) is 1. The second-order valence-electron chi connectivity index (χ2n) is 4.54. The van der Waals surface area contributed by atoms with Gasteiger partial charge in [0.05, 0.1) is 5.69 Å². The highest BCUT2D eigenvalue weighted by molar-refractivity contribution is 9.10. The summed E-state index contributed by atoms with van der Waals surface area (Å²) in [6.07, 6.45) is 0. The molecule has 0 saturated heterocycles. The molecule has 2 rings (SSSR count). The maximum atomic E-state index is 13.1. The number of rotatable bonds is 4. The minimum Gasteiger partial charge on any atom is -0.380 e. The molecule has 4 heteroatoms. The van der Waals surface area contributed by atoms with Crippen LogP contribution in [0.2, 0.25) is 0 Å². The van der Waals surface area contributed by atoms with E-state index in [1.807, 2.05) is 14.1 Å². The lowest BCUT2D eigenvalue weighted by Crippen LogP contribution is -2.08. The van der Waals surface area contributed by atoms with Gasteiger partial charge in [-0.05, 0) is 51.8 Å². The van der Waals surface area contributed by atoms with E-state index < -0.39 is 0 Å². The van der Waals surface area contributed by atoms with Crippen LogP contribution in [0.3, 0.4) is 0 Å². The van der Waals surface area contributed by atoms with Crippen LogP contribution < -0.4 is 10.2 Å². The molecule has 0 saturated carbocycles. The van der Waals surface area contributed by atoms with Crippen LogP contribution in [-0.4, -0.2) is 14.1 Å². The van der Waals surface area contributed by atoms with E-state index in [4.69, 9.17) is 0 Å². The van der Waals surface area contributed by atoms with Crippen LogP contribution >= 0.6 is 15.9 Å². The average molecular weight is 323 g/mol. The van der Waals surface area contributed by atoms with Gasteiger partial charge in [-0.3, -0.25) is 0 Å². The molecule has 0 bridgehead atoms. The minimum absolute atomic E-state index is 0.242. The molecule has 0 spiro atoms. The smallest absolute Gasteiger partial charge is 0.125 e. The van der Waals surface area contributed by atoms with Crippen LogP contribution in [0.4, 0.5) is 15.8 Å². The van der Waals surface area contributed by atoms with E-state index in [0.717, 1.165) is 21.4 Å². The van der Waals surface area contributed by atoms with Gasteiger partial charge in [0, 0.05) is 30.8 Å². The van der Waals surface area contributed by atoms with Crippen molar-refractivity contribution in [2.45, 2.75) is 6.54 Å². The van der Waals surface area contributed by atoms with Gasteiger partial charge in [-0.2, -0.15) is 0 Å². The number of benzene rings is 2. The summed E-state index contributed by atoms with van der Waals surface area (Å²) in [5, 5.41) is 3.22. The summed E-state index contributed by atoms with van der Waals surface area (Å²) in [7, 11) is 4.02. The minimum atomic E-state index is -0.242. The highest BCUT2D eigenvalue weighted by Gasteiger charge is 2.02. The molecule has 0 aliphatic carbocycles. The number of hydrogen-bond donors (Lipinski definition) is 1. The molecule has 0 aliphatic heterocycles. The first-order valence-electron chi connectivity index (χ1n) is 6.01. The van der Waals surface area contributed by atoms with Crippen LogP contribution in [0.5, 0.6) is 0 Å². The van der Waals surface area contributed by atoms with Crippen molar-refractivity contribution in [2.75, 3.05) is 24.3 Å². The monoisotopic (exact) mass is 322 g/mol. The molecular weight excluding hydrogens is 307 g/mol. The quantitative estimate of drug-likeness (QED) is 0.904. The van der Waals surface area contributed by atoms with Gasteiger partial charge in [-0.15, -0.1) is 0 Å². The zero-order valence-electron chi connectivity index (χ0n) is 11.0. The van der Waals surface area contributed by atoms with Crippen molar-refractivity contribution in [3.63, 3.8) is 0 Å². The molecule has 0 radical (unpaired) electrons. The fraction of sp³-hybridized carbons (Fsp3) is 0.200. The van der Waals surface area contributed by atoms with Gasteiger partial charge in [0.25, 0.3) is 0 Å². The Morgan fingerprint density at radius 1 is 1.11 bits per heavy atom. The van der Waals surface area contributed by atoms with Gasteiger partial charge >= 0.3 is 0 Å². The Morgan fingerprint density at radius 2 is 1.79 bits per heavy atom. The van der Waals surface area contributed by atoms with Crippen LogP contribution in [0.25, 0.3) is 0 Å². The molecule has 2 aromatic rings. The first-order chi connectivity index (χ1) is 9.06. The number of halogens is 2. The fourth-order valence-corrected chi connectivity index (χ4v) is 2.13. The van der Waals surface area contributed by atoms with Crippen molar-refractivity contribution < 1.29 is 4.39 Å². The molecule has 0 amide bonds. The van der Waals surface area contributed by atoms with Crippen molar-refractivity contribution in [1.29, 1.82) is 0 Å². The van der Waals surface area contributed by atoms with E-state index in [9.17, 15) is 4.39 Å². The Bertz CT molecular complexity index is 553. The summed E-state index contributed by atoms with van der Waals surface area (Å²) in [5.41, 5.74) is 3.08. The lowest BCUT2D eigenvalue weighted by molar-refractivity contribution is 0.628. The summed E-state index contributed by atoms with van der Waals surface area (Å²) < 4.78 is 14.0.